The summed E-state index contributed by atoms with van der Waals surface area (Å²) in [6.45, 7) is 2.11. The Labute approximate surface area is 115 Å². The minimum atomic E-state index is -1.09. The number of rotatable bonds is 7. The van der Waals surface area contributed by atoms with Crippen LogP contribution in [0.4, 0.5) is 0 Å². The van der Waals surface area contributed by atoms with Crippen molar-refractivity contribution in [3.8, 4) is 5.75 Å². The van der Waals surface area contributed by atoms with Gasteiger partial charge in [0.15, 0.2) is 0 Å². The fraction of sp³-hybridized carbons (Fsp3) is 0.500. The highest BCUT2D eigenvalue weighted by Crippen LogP contribution is 2.28. The van der Waals surface area contributed by atoms with Gasteiger partial charge in [0, 0.05) is 25.0 Å². The van der Waals surface area contributed by atoms with Gasteiger partial charge in [-0.25, -0.2) is 4.79 Å². The molecule has 0 aliphatic heterocycles. The number of carboxylic acid groups (broad SMARTS) is 1. The van der Waals surface area contributed by atoms with Crippen LogP contribution < -0.4 is 10.1 Å². The Hall–Kier alpha value is -1.60. The maximum absolute atomic E-state index is 12.0. The lowest BCUT2D eigenvalue weighted by Gasteiger charge is -2.13. The third-order valence-corrected chi connectivity index (χ3v) is 3.49. The van der Waals surface area contributed by atoms with Gasteiger partial charge in [-0.3, -0.25) is 4.79 Å². The number of hydrogen-bond donors (Lipinski definition) is 2. The van der Waals surface area contributed by atoms with Crippen molar-refractivity contribution in [2.45, 2.75) is 19.4 Å². The van der Waals surface area contributed by atoms with Crippen LogP contribution in [-0.2, 0) is 9.53 Å². The molecule has 0 aliphatic carbocycles. The van der Waals surface area contributed by atoms with Crippen molar-refractivity contribution in [3.63, 3.8) is 0 Å². The van der Waals surface area contributed by atoms with Crippen LogP contribution in [0.1, 0.15) is 21.0 Å². The van der Waals surface area contributed by atoms with Crippen molar-refractivity contribution in [1.82, 2.24) is 5.32 Å². The van der Waals surface area contributed by atoms with Crippen molar-refractivity contribution < 1.29 is 24.2 Å². The molecule has 1 aromatic rings. The van der Waals surface area contributed by atoms with E-state index in [1.165, 1.54) is 25.6 Å². The summed E-state index contributed by atoms with van der Waals surface area (Å²) in [7, 11) is 2.95. The quantitative estimate of drug-likeness (QED) is 0.789. The van der Waals surface area contributed by atoms with Crippen molar-refractivity contribution in [2.75, 3.05) is 20.8 Å². The van der Waals surface area contributed by atoms with E-state index in [-0.39, 0.29) is 13.0 Å². The zero-order chi connectivity index (χ0) is 14.4. The number of aryl methyl sites for hydroxylation is 1. The first-order valence-electron chi connectivity index (χ1n) is 5.66. The van der Waals surface area contributed by atoms with E-state index in [4.69, 9.17) is 14.6 Å². The van der Waals surface area contributed by atoms with Crippen LogP contribution in [0, 0.1) is 6.92 Å². The average molecular weight is 287 g/mol. The van der Waals surface area contributed by atoms with E-state index in [2.05, 4.69) is 5.32 Å². The Morgan fingerprint density at radius 3 is 2.68 bits per heavy atom. The fourth-order valence-electron chi connectivity index (χ4n) is 1.52. The Balaban J connectivity index is 2.78. The zero-order valence-corrected chi connectivity index (χ0v) is 11.9. The lowest BCUT2D eigenvalue weighted by molar-refractivity contribution is -0.139. The first-order chi connectivity index (χ1) is 8.99. The third-order valence-electron chi connectivity index (χ3n) is 2.46. The van der Waals surface area contributed by atoms with Crippen LogP contribution >= 0.6 is 11.3 Å². The van der Waals surface area contributed by atoms with Crippen LogP contribution in [0.25, 0.3) is 0 Å². The van der Waals surface area contributed by atoms with E-state index >= 15 is 0 Å². The van der Waals surface area contributed by atoms with Gasteiger partial charge in [-0.05, 0) is 13.0 Å². The number of thiophene rings is 1. The largest absolute Gasteiger partial charge is 0.495 e. The second-order valence-corrected chi connectivity index (χ2v) is 5.16. The summed E-state index contributed by atoms with van der Waals surface area (Å²) in [6.07, 6.45) is 0.213. The lowest BCUT2D eigenvalue weighted by Crippen LogP contribution is -2.41. The molecule has 0 spiro atoms. The number of carbonyl (C=O) groups is 2. The van der Waals surface area contributed by atoms with Gasteiger partial charge in [-0.1, -0.05) is 0 Å². The second-order valence-electron chi connectivity index (χ2n) is 3.90. The Morgan fingerprint density at radius 2 is 2.16 bits per heavy atom. The summed E-state index contributed by atoms with van der Waals surface area (Å²) in [5.41, 5.74) is 0. The lowest BCUT2D eigenvalue weighted by atomic mass is 10.2. The number of carboxylic acids is 1. The van der Waals surface area contributed by atoms with Crippen molar-refractivity contribution in [2.24, 2.45) is 0 Å². The summed E-state index contributed by atoms with van der Waals surface area (Å²) in [5.74, 6) is -1.08. The van der Waals surface area contributed by atoms with Crippen LogP contribution in [0.3, 0.4) is 0 Å². The molecule has 1 unspecified atom stereocenters. The highest BCUT2D eigenvalue weighted by atomic mass is 32.1. The van der Waals surface area contributed by atoms with Crippen molar-refractivity contribution >= 4 is 23.2 Å². The van der Waals surface area contributed by atoms with Gasteiger partial charge in [0.1, 0.15) is 16.7 Å². The molecule has 0 bridgehead atoms. The minimum Gasteiger partial charge on any atom is -0.495 e. The predicted octanol–water partition coefficient (Wildman–Crippen LogP) is 1.28. The monoisotopic (exact) mass is 287 g/mol. The van der Waals surface area contributed by atoms with Crippen LogP contribution in [0.15, 0.2) is 6.07 Å². The molecule has 1 heterocycles. The van der Waals surface area contributed by atoms with Crippen LogP contribution in [0.2, 0.25) is 0 Å². The van der Waals surface area contributed by atoms with E-state index in [1.54, 1.807) is 6.07 Å². The summed E-state index contributed by atoms with van der Waals surface area (Å²) in [4.78, 5) is 24.4. The summed E-state index contributed by atoms with van der Waals surface area (Å²) < 4.78 is 9.91. The molecule has 6 nitrogen and oxygen atoms in total. The average Bonchev–Trinajstić information content (AvgIpc) is 2.75. The SMILES string of the molecule is COCCC(NC(=O)c1sc(C)cc1OC)C(=O)O. The van der Waals surface area contributed by atoms with Gasteiger partial charge < -0.3 is 19.9 Å². The number of hydrogen-bond acceptors (Lipinski definition) is 5. The molecular formula is C12H17NO5S. The van der Waals surface area contributed by atoms with E-state index < -0.39 is 17.9 Å². The first kappa shape index (κ1) is 15.5. The molecule has 1 rings (SSSR count). The van der Waals surface area contributed by atoms with Gasteiger partial charge in [-0.2, -0.15) is 0 Å². The Morgan fingerprint density at radius 1 is 1.47 bits per heavy atom. The molecule has 0 saturated heterocycles. The molecule has 7 heteroatoms. The molecule has 1 amide bonds. The van der Waals surface area contributed by atoms with Gasteiger partial charge >= 0.3 is 5.97 Å². The fourth-order valence-corrected chi connectivity index (χ4v) is 2.40. The number of ether oxygens (including phenoxy) is 2. The molecule has 2 N–H and O–H groups in total. The maximum Gasteiger partial charge on any atom is 0.326 e. The van der Waals surface area contributed by atoms with Crippen molar-refractivity contribution in [3.05, 3.63) is 15.8 Å². The highest BCUT2D eigenvalue weighted by Gasteiger charge is 2.23. The minimum absolute atomic E-state index is 0.213. The predicted molar refractivity (Wildman–Crippen MR) is 71.0 cm³/mol. The van der Waals surface area contributed by atoms with E-state index in [0.29, 0.717) is 10.6 Å². The Bertz CT molecular complexity index is 457. The summed E-state index contributed by atoms with van der Waals surface area (Å²) in [5, 5.41) is 11.5. The summed E-state index contributed by atoms with van der Waals surface area (Å²) >= 11 is 1.26. The number of carbonyl (C=O) groups excluding carboxylic acids is 1. The van der Waals surface area contributed by atoms with E-state index in [1.807, 2.05) is 6.92 Å². The molecule has 1 atom stereocenters. The zero-order valence-electron chi connectivity index (χ0n) is 11.1. The second kappa shape index (κ2) is 7.10. The van der Waals surface area contributed by atoms with Gasteiger partial charge in [0.05, 0.1) is 7.11 Å². The molecule has 0 radical (unpaired) electrons. The topological polar surface area (TPSA) is 84.9 Å². The van der Waals surface area contributed by atoms with Gasteiger partial charge in [0.25, 0.3) is 5.91 Å². The number of methoxy groups -OCH3 is 2. The van der Waals surface area contributed by atoms with E-state index in [0.717, 1.165) is 4.88 Å². The molecule has 0 fully saturated rings. The van der Waals surface area contributed by atoms with Gasteiger partial charge in [-0.15, -0.1) is 11.3 Å². The van der Waals surface area contributed by atoms with Crippen molar-refractivity contribution in [1.29, 1.82) is 0 Å². The molecule has 0 aliphatic rings. The molecule has 1 aromatic heterocycles. The van der Waals surface area contributed by atoms with E-state index in [9.17, 15) is 9.59 Å². The normalized spacial score (nSPS) is 11.9. The standard InChI is InChI=1S/C12H17NO5S/c1-7-6-9(18-3)10(19-7)11(14)13-8(12(15)16)4-5-17-2/h6,8H,4-5H2,1-3H3,(H,13,14)(H,15,16). The summed E-state index contributed by atoms with van der Waals surface area (Å²) in [6, 6.07) is 0.768. The number of aliphatic carboxylic acids is 1. The molecular weight excluding hydrogens is 270 g/mol. The van der Waals surface area contributed by atoms with Crippen LogP contribution in [-0.4, -0.2) is 43.9 Å². The highest BCUT2D eigenvalue weighted by molar-refractivity contribution is 7.14. The third kappa shape index (κ3) is 4.22. The molecule has 0 aromatic carbocycles. The smallest absolute Gasteiger partial charge is 0.326 e. The molecule has 0 saturated carbocycles. The maximum atomic E-state index is 12.0. The van der Waals surface area contributed by atoms with Crippen LogP contribution in [0.5, 0.6) is 5.75 Å². The molecule has 19 heavy (non-hydrogen) atoms. The van der Waals surface area contributed by atoms with Gasteiger partial charge in [0.2, 0.25) is 0 Å². The Kier molecular flexibility index (Phi) is 5.78. The number of nitrogens with one attached hydrogen (secondary N) is 1. The first-order valence-corrected chi connectivity index (χ1v) is 6.48. The number of amides is 1. The molecule has 106 valence electrons.